The molecule has 6 nitrogen and oxygen atoms in total. The lowest BCUT2D eigenvalue weighted by molar-refractivity contribution is 0.351. The lowest BCUT2D eigenvalue weighted by atomic mass is 10.1. The maximum Gasteiger partial charge on any atom is 0.224 e. The number of hydrogen-bond donors (Lipinski definition) is 1. The molecular weight excluding hydrogens is 324 g/mol. The van der Waals surface area contributed by atoms with Crippen molar-refractivity contribution in [3.8, 4) is 11.1 Å². The number of anilines is 2. The highest BCUT2D eigenvalue weighted by Gasteiger charge is 2.22. The molecule has 0 atom stereocenters. The Bertz CT molecular complexity index is 887. The van der Waals surface area contributed by atoms with Gasteiger partial charge in [-0.25, -0.2) is 9.97 Å². The molecule has 4 rings (SSSR count). The molecule has 122 valence electrons. The van der Waals surface area contributed by atoms with Gasteiger partial charge in [0.15, 0.2) is 0 Å². The van der Waals surface area contributed by atoms with Gasteiger partial charge in [-0.05, 0) is 36.3 Å². The summed E-state index contributed by atoms with van der Waals surface area (Å²) in [5.41, 5.74) is 5.29. The molecule has 0 bridgehead atoms. The van der Waals surface area contributed by atoms with Crippen molar-refractivity contribution in [2.75, 3.05) is 12.4 Å². The van der Waals surface area contributed by atoms with Gasteiger partial charge in [0.1, 0.15) is 5.82 Å². The molecule has 2 aromatic heterocycles. The summed E-state index contributed by atoms with van der Waals surface area (Å²) in [5.74, 6) is 0.781. The number of fused-ring (bicyclic) bond motifs is 1. The summed E-state index contributed by atoms with van der Waals surface area (Å²) < 4.78 is 1.80. The molecule has 7 heteroatoms. The van der Waals surface area contributed by atoms with E-state index in [2.05, 4.69) is 44.5 Å². The molecule has 0 fully saturated rings. The highest BCUT2D eigenvalue weighted by atomic mass is 35.5. The number of aromatic nitrogens is 4. The van der Waals surface area contributed by atoms with E-state index >= 15 is 0 Å². The summed E-state index contributed by atoms with van der Waals surface area (Å²) in [7, 11) is 3.97. The highest BCUT2D eigenvalue weighted by molar-refractivity contribution is 6.28. The fourth-order valence-corrected chi connectivity index (χ4v) is 3.12. The Balaban J connectivity index is 1.60. The number of nitrogens with zero attached hydrogens (tertiary/aromatic N) is 5. The van der Waals surface area contributed by atoms with Crippen LogP contribution in [0.5, 0.6) is 0 Å². The SMILES string of the molecule is CN1Cc2nc(Cl)nc(Nc3ccc(-c4cnn(C)c4)cc3)c2C1. The number of rotatable bonds is 3. The van der Waals surface area contributed by atoms with Gasteiger partial charge in [0.25, 0.3) is 0 Å². The van der Waals surface area contributed by atoms with E-state index in [0.717, 1.165) is 47.0 Å². The average Bonchev–Trinajstić information content (AvgIpc) is 3.13. The Kier molecular flexibility index (Phi) is 3.70. The zero-order valence-electron chi connectivity index (χ0n) is 13.5. The van der Waals surface area contributed by atoms with Gasteiger partial charge in [-0.3, -0.25) is 9.58 Å². The molecule has 1 aliphatic rings. The molecule has 0 amide bonds. The number of nitrogens with one attached hydrogen (secondary N) is 1. The van der Waals surface area contributed by atoms with Crippen LogP contribution in [0.15, 0.2) is 36.7 Å². The molecule has 1 aliphatic heterocycles. The van der Waals surface area contributed by atoms with Crippen LogP contribution in [-0.2, 0) is 20.1 Å². The van der Waals surface area contributed by atoms with Crippen LogP contribution in [0.1, 0.15) is 11.3 Å². The van der Waals surface area contributed by atoms with Crippen LogP contribution in [-0.4, -0.2) is 31.7 Å². The van der Waals surface area contributed by atoms with Crippen molar-refractivity contribution < 1.29 is 0 Å². The predicted octanol–water partition coefficient (Wildman–Crippen LogP) is 3.22. The molecule has 3 aromatic rings. The minimum Gasteiger partial charge on any atom is -0.340 e. The molecule has 1 aromatic carbocycles. The molecule has 0 aliphatic carbocycles. The minimum atomic E-state index is 0.276. The average molecular weight is 341 g/mol. The maximum absolute atomic E-state index is 6.06. The largest absolute Gasteiger partial charge is 0.340 e. The summed E-state index contributed by atoms with van der Waals surface area (Å²) >= 11 is 6.06. The Hall–Kier alpha value is -2.44. The van der Waals surface area contributed by atoms with Crippen LogP contribution in [0.2, 0.25) is 5.28 Å². The first-order valence-corrected chi connectivity index (χ1v) is 8.06. The second-order valence-electron chi connectivity index (χ2n) is 6.04. The van der Waals surface area contributed by atoms with Gasteiger partial charge in [-0.1, -0.05) is 12.1 Å². The van der Waals surface area contributed by atoms with E-state index in [-0.39, 0.29) is 5.28 Å². The number of hydrogen-bond acceptors (Lipinski definition) is 5. The van der Waals surface area contributed by atoms with Crippen LogP contribution in [0.4, 0.5) is 11.5 Å². The molecular formula is C17H17ClN6. The van der Waals surface area contributed by atoms with Crippen molar-refractivity contribution in [3.05, 3.63) is 53.2 Å². The van der Waals surface area contributed by atoms with E-state index in [9.17, 15) is 0 Å². The lowest BCUT2D eigenvalue weighted by Crippen LogP contribution is -2.08. The quantitative estimate of drug-likeness (QED) is 0.742. The van der Waals surface area contributed by atoms with Gasteiger partial charge in [0.05, 0.1) is 11.9 Å². The minimum absolute atomic E-state index is 0.276. The topological polar surface area (TPSA) is 58.9 Å². The first-order valence-electron chi connectivity index (χ1n) is 7.68. The van der Waals surface area contributed by atoms with Crippen LogP contribution in [0.3, 0.4) is 0 Å². The smallest absolute Gasteiger partial charge is 0.224 e. The van der Waals surface area contributed by atoms with Gasteiger partial charge >= 0.3 is 0 Å². The molecule has 24 heavy (non-hydrogen) atoms. The molecule has 0 unspecified atom stereocenters. The molecule has 0 saturated carbocycles. The molecule has 3 heterocycles. The zero-order valence-corrected chi connectivity index (χ0v) is 14.2. The van der Waals surface area contributed by atoms with Crippen molar-refractivity contribution in [2.45, 2.75) is 13.1 Å². The van der Waals surface area contributed by atoms with E-state index in [1.54, 1.807) is 4.68 Å². The van der Waals surface area contributed by atoms with Gasteiger partial charge < -0.3 is 5.32 Å². The molecule has 0 saturated heterocycles. The van der Waals surface area contributed by atoms with Crippen molar-refractivity contribution >= 4 is 23.1 Å². The Morgan fingerprint density at radius 1 is 1.04 bits per heavy atom. The standard InChI is InChI=1S/C17H17ClN6/c1-23-9-14-15(10-23)21-17(18)22-16(14)20-13-5-3-11(4-6-13)12-7-19-24(2)8-12/h3-8H,9-10H2,1-2H3,(H,20,21,22). The zero-order chi connectivity index (χ0) is 16.7. The predicted molar refractivity (Wildman–Crippen MR) is 94.1 cm³/mol. The van der Waals surface area contributed by atoms with Crippen molar-refractivity contribution in [1.82, 2.24) is 24.6 Å². The first kappa shape index (κ1) is 15.1. The third kappa shape index (κ3) is 2.86. The summed E-state index contributed by atoms with van der Waals surface area (Å²) in [4.78, 5) is 10.9. The fourth-order valence-electron chi connectivity index (χ4n) is 2.94. The summed E-state index contributed by atoms with van der Waals surface area (Å²) in [5, 5.41) is 7.85. The second-order valence-corrected chi connectivity index (χ2v) is 6.38. The molecule has 1 N–H and O–H groups in total. The number of benzene rings is 1. The van der Waals surface area contributed by atoms with E-state index < -0.39 is 0 Å². The normalized spacial score (nSPS) is 14.0. The summed E-state index contributed by atoms with van der Waals surface area (Å²) in [6.45, 7) is 1.62. The van der Waals surface area contributed by atoms with Crippen LogP contribution in [0, 0.1) is 0 Å². The van der Waals surface area contributed by atoms with Crippen molar-refractivity contribution in [1.29, 1.82) is 0 Å². The van der Waals surface area contributed by atoms with Crippen molar-refractivity contribution in [3.63, 3.8) is 0 Å². The number of aryl methyl sites for hydroxylation is 1. The van der Waals surface area contributed by atoms with E-state index in [0.29, 0.717) is 0 Å². The highest BCUT2D eigenvalue weighted by Crippen LogP contribution is 2.30. The van der Waals surface area contributed by atoms with Gasteiger partial charge in [-0.2, -0.15) is 5.10 Å². The van der Waals surface area contributed by atoms with E-state index in [1.165, 1.54) is 0 Å². The lowest BCUT2D eigenvalue weighted by Gasteiger charge is -2.11. The van der Waals surface area contributed by atoms with Crippen molar-refractivity contribution in [2.24, 2.45) is 7.05 Å². The maximum atomic E-state index is 6.06. The van der Waals surface area contributed by atoms with Crippen LogP contribution < -0.4 is 5.32 Å². The Morgan fingerprint density at radius 2 is 1.83 bits per heavy atom. The van der Waals surface area contributed by atoms with E-state index in [1.807, 2.05) is 31.6 Å². The second kappa shape index (κ2) is 5.89. The van der Waals surface area contributed by atoms with Gasteiger partial charge in [0, 0.05) is 43.1 Å². The molecule has 0 radical (unpaired) electrons. The monoisotopic (exact) mass is 340 g/mol. The van der Waals surface area contributed by atoms with Gasteiger partial charge in [0.2, 0.25) is 5.28 Å². The number of halogens is 1. The van der Waals surface area contributed by atoms with Gasteiger partial charge in [-0.15, -0.1) is 0 Å². The third-order valence-corrected chi connectivity index (χ3v) is 4.27. The van der Waals surface area contributed by atoms with Crippen LogP contribution >= 0.6 is 11.6 Å². The Labute approximate surface area is 145 Å². The van der Waals surface area contributed by atoms with Crippen LogP contribution in [0.25, 0.3) is 11.1 Å². The summed E-state index contributed by atoms with van der Waals surface area (Å²) in [6.07, 6.45) is 3.85. The third-order valence-electron chi connectivity index (χ3n) is 4.10. The summed E-state index contributed by atoms with van der Waals surface area (Å²) in [6, 6.07) is 8.19. The first-order chi connectivity index (χ1) is 11.6. The van der Waals surface area contributed by atoms with E-state index in [4.69, 9.17) is 11.6 Å². The fraction of sp³-hybridized carbons (Fsp3) is 0.235. The molecule has 0 spiro atoms. The Morgan fingerprint density at radius 3 is 2.54 bits per heavy atom.